The van der Waals surface area contributed by atoms with Crippen LogP contribution in [0.2, 0.25) is 0 Å². The van der Waals surface area contributed by atoms with E-state index in [0.717, 1.165) is 5.56 Å². The number of nitrogens with zero attached hydrogens (tertiary/aromatic N) is 1. The van der Waals surface area contributed by atoms with Crippen molar-refractivity contribution in [3.05, 3.63) is 29.3 Å². The van der Waals surface area contributed by atoms with Gasteiger partial charge in [0.1, 0.15) is 0 Å². The Labute approximate surface area is 76.6 Å². The number of anilines is 1. The Balaban J connectivity index is 3.12. The number of nitrogens with two attached hydrogens (primary N) is 1. The van der Waals surface area contributed by atoms with E-state index in [9.17, 15) is 0 Å². The summed E-state index contributed by atoms with van der Waals surface area (Å²) in [5, 5.41) is 17.6. The fourth-order valence-corrected chi connectivity index (χ4v) is 1.21. The topological polar surface area (TPSA) is 82.1 Å². The number of aliphatic hydroxyl groups excluding tert-OH is 1. The van der Waals surface area contributed by atoms with Gasteiger partial charge in [-0.1, -0.05) is 12.1 Å². The van der Waals surface area contributed by atoms with Crippen LogP contribution in [-0.4, -0.2) is 5.11 Å². The summed E-state index contributed by atoms with van der Waals surface area (Å²) in [5.41, 5.74) is 4.63. The molecule has 1 aromatic rings. The molecule has 4 N–H and O–H groups in total. The van der Waals surface area contributed by atoms with Crippen LogP contribution < -0.4 is 11.3 Å². The molecule has 0 heterocycles. The van der Waals surface area contributed by atoms with Crippen molar-refractivity contribution in [3.8, 4) is 6.07 Å². The minimum atomic E-state index is -0.114. The van der Waals surface area contributed by atoms with Crippen LogP contribution in [0.25, 0.3) is 0 Å². The second-order valence-electron chi connectivity index (χ2n) is 2.58. The van der Waals surface area contributed by atoms with Crippen LogP contribution in [0.3, 0.4) is 0 Å². The maximum atomic E-state index is 9.05. The predicted molar refractivity (Wildman–Crippen MR) is 49.5 cm³/mol. The van der Waals surface area contributed by atoms with Gasteiger partial charge in [-0.05, 0) is 11.6 Å². The molecule has 0 fully saturated rings. The standard InChI is InChI=1S/C9H11N3O/c10-5-4-7-2-1-3-9(12-11)8(7)6-13/h1-3,12-13H,4,6,11H2. The summed E-state index contributed by atoms with van der Waals surface area (Å²) in [5.74, 6) is 5.25. The van der Waals surface area contributed by atoms with Crippen molar-refractivity contribution in [2.24, 2.45) is 5.84 Å². The number of nitrogens with one attached hydrogen (secondary N) is 1. The summed E-state index contributed by atoms with van der Waals surface area (Å²) in [6, 6.07) is 7.38. The monoisotopic (exact) mass is 177 g/mol. The van der Waals surface area contributed by atoms with Crippen LogP contribution in [0, 0.1) is 11.3 Å². The van der Waals surface area contributed by atoms with Crippen LogP contribution in [-0.2, 0) is 13.0 Å². The second kappa shape index (κ2) is 4.45. The summed E-state index contributed by atoms with van der Waals surface area (Å²) in [7, 11) is 0. The van der Waals surface area contributed by atoms with Gasteiger partial charge in [-0.25, -0.2) is 0 Å². The Kier molecular flexibility index (Phi) is 3.26. The number of hydrogen-bond acceptors (Lipinski definition) is 4. The van der Waals surface area contributed by atoms with Crippen molar-refractivity contribution in [1.82, 2.24) is 0 Å². The molecule has 0 bridgehead atoms. The van der Waals surface area contributed by atoms with Crippen LogP contribution >= 0.6 is 0 Å². The Bertz CT molecular complexity index is 330. The average Bonchev–Trinajstić information content (AvgIpc) is 2.18. The molecule has 0 spiro atoms. The largest absolute Gasteiger partial charge is 0.392 e. The molecular weight excluding hydrogens is 166 g/mol. The molecule has 0 saturated carbocycles. The molecule has 0 aliphatic rings. The van der Waals surface area contributed by atoms with Crippen molar-refractivity contribution < 1.29 is 5.11 Å². The first-order chi connectivity index (χ1) is 6.33. The zero-order valence-electron chi connectivity index (χ0n) is 7.12. The van der Waals surface area contributed by atoms with Crippen molar-refractivity contribution in [2.45, 2.75) is 13.0 Å². The van der Waals surface area contributed by atoms with Gasteiger partial charge in [-0.2, -0.15) is 5.26 Å². The van der Waals surface area contributed by atoms with Gasteiger partial charge in [-0.15, -0.1) is 0 Å². The van der Waals surface area contributed by atoms with Crippen molar-refractivity contribution >= 4 is 5.69 Å². The Morgan fingerprint density at radius 2 is 2.31 bits per heavy atom. The highest BCUT2D eigenvalue weighted by atomic mass is 16.3. The molecule has 0 amide bonds. The molecule has 0 radical (unpaired) electrons. The molecular formula is C9H11N3O. The van der Waals surface area contributed by atoms with E-state index < -0.39 is 0 Å². The molecule has 1 rings (SSSR count). The lowest BCUT2D eigenvalue weighted by atomic mass is 10.0. The first-order valence-electron chi connectivity index (χ1n) is 3.88. The molecule has 0 unspecified atom stereocenters. The Hall–Kier alpha value is -1.57. The molecule has 68 valence electrons. The minimum Gasteiger partial charge on any atom is -0.392 e. The smallest absolute Gasteiger partial charge is 0.0705 e. The molecule has 0 aliphatic carbocycles. The fraction of sp³-hybridized carbons (Fsp3) is 0.222. The third-order valence-electron chi connectivity index (χ3n) is 1.86. The van der Waals surface area contributed by atoms with Crippen LogP contribution in [0.5, 0.6) is 0 Å². The maximum absolute atomic E-state index is 9.05. The van der Waals surface area contributed by atoms with Gasteiger partial charge >= 0.3 is 0 Å². The van der Waals surface area contributed by atoms with Crippen molar-refractivity contribution in [2.75, 3.05) is 5.43 Å². The lowest BCUT2D eigenvalue weighted by molar-refractivity contribution is 0.281. The van der Waals surface area contributed by atoms with E-state index >= 15 is 0 Å². The van der Waals surface area contributed by atoms with Gasteiger partial charge in [0, 0.05) is 5.56 Å². The summed E-state index contributed by atoms with van der Waals surface area (Å²) in [4.78, 5) is 0. The van der Waals surface area contributed by atoms with E-state index in [4.69, 9.17) is 16.2 Å². The zero-order chi connectivity index (χ0) is 9.68. The molecule has 13 heavy (non-hydrogen) atoms. The SMILES string of the molecule is N#CCc1cccc(NN)c1CO. The summed E-state index contributed by atoms with van der Waals surface area (Å²) in [6.07, 6.45) is 0.283. The quantitative estimate of drug-likeness (QED) is 0.464. The van der Waals surface area contributed by atoms with Crippen LogP contribution in [0.15, 0.2) is 18.2 Å². The number of hydrazine groups is 1. The third-order valence-corrected chi connectivity index (χ3v) is 1.86. The van der Waals surface area contributed by atoms with Gasteiger partial charge in [0.2, 0.25) is 0 Å². The Morgan fingerprint density at radius 3 is 2.85 bits per heavy atom. The van der Waals surface area contributed by atoms with Gasteiger partial charge in [0.25, 0.3) is 0 Å². The van der Waals surface area contributed by atoms with Gasteiger partial charge in [0.05, 0.1) is 24.8 Å². The predicted octanol–water partition coefficient (Wildman–Crippen LogP) is 0.531. The number of hydrogen-bond donors (Lipinski definition) is 3. The van der Waals surface area contributed by atoms with Crippen molar-refractivity contribution in [3.63, 3.8) is 0 Å². The maximum Gasteiger partial charge on any atom is 0.0705 e. The molecule has 0 aromatic heterocycles. The highest BCUT2D eigenvalue weighted by Gasteiger charge is 2.05. The van der Waals surface area contributed by atoms with E-state index in [1.54, 1.807) is 18.2 Å². The summed E-state index contributed by atoms with van der Waals surface area (Å²) >= 11 is 0. The van der Waals surface area contributed by atoms with Gasteiger partial charge in [-0.3, -0.25) is 5.84 Å². The van der Waals surface area contributed by atoms with Crippen molar-refractivity contribution in [1.29, 1.82) is 5.26 Å². The summed E-state index contributed by atoms with van der Waals surface area (Å²) in [6.45, 7) is -0.114. The van der Waals surface area contributed by atoms with Crippen LogP contribution in [0.1, 0.15) is 11.1 Å². The van der Waals surface area contributed by atoms with E-state index in [0.29, 0.717) is 11.3 Å². The molecule has 0 atom stereocenters. The second-order valence-corrected chi connectivity index (χ2v) is 2.58. The highest BCUT2D eigenvalue weighted by molar-refractivity contribution is 5.54. The summed E-state index contributed by atoms with van der Waals surface area (Å²) < 4.78 is 0. The highest BCUT2D eigenvalue weighted by Crippen LogP contribution is 2.19. The fourth-order valence-electron chi connectivity index (χ4n) is 1.21. The third kappa shape index (κ3) is 1.96. The first-order valence-corrected chi connectivity index (χ1v) is 3.88. The van der Waals surface area contributed by atoms with Gasteiger partial charge < -0.3 is 10.5 Å². The van der Waals surface area contributed by atoms with E-state index in [-0.39, 0.29) is 13.0 Å². The first kappa shape index (κ1) is 9.52. The van der Waals surface area contributed by atoms with E-state index in [1.807, 2.05) is 6.07 Å². The normalized spacial score (nSPS) is 9.31. The number of rotatable bonds is 3. The minimum absolute atomic E-state index is 0.114. The van der Waals surface area contributed by atoms with Crippen LogP contribution in [0.4, 0.5) is 5.69 Å². The lowest BCUT2D eigenvalue weighted by Gasteiger charge is -2.09. The number of aliphatic hydroxyl groups is 1. The van der Waals surface area contributed by atoms with E-state index in [2.05, 4.69) is 5.43 Å². The number of benzene rings is 1. The number of nitrogen functional groups attached to an aromatic ring is 1. The van der Waals surface area contributed by atoms with E-state index in [1.165, 1.54) is 0 Å². The molecule has 4 nitrogen and oxygen atoms in total. The lowest BCUT2D eigenvalue weighted by Crippen LogP contribution is -2.10. The zero-order valence-corrected chi connectivity index (χ0v) is 7.12. The molecule has 4 heteroatoms. The number of nitriles is 1. The molecule has 0 aliphatic heterocycles. The average molecular weight is 177 g/mol. The van der Waals surface area contributed by atoms with Gasteiger partial charge in [0.15, 0.2) is 0 Å². The molecule has 1 aromatic carbocycles. The molecule has 0 saturated heterocycles. The Morgan fingerprint density at radius 1 is 1.54 bits per heavy atom.